The van der Waals surface area contributed by atoms with Crippen molar-refractivity contribution in [3.05, 3.63) is 52.8 Å². The summed E-state index contributed by atoms with van der Waals surface area (Å²) >= 11 is 0. The van der Waals surface area contributed by atoms with E-state index < -0.39 is 0 Å². The molecule has 114 valence electrons. The molecule has 0 aliphatic rings. The second-order valence-electron chi connectivity index (χ2n) is 5.37. The Hall–Kier alpha value is -2.33. The molecular weight excluding hydrogens is 276 g/mol. The zero-order valence-electron chi connectivity index (χ0n) is 12.9. The minimum absolute atomic E-state index is 0.0235. The van der Waals surface area contributed by atoms with E-state index in [1.165, 1.54) is 0 Å². The molecule has 3 rings (SSSR count). The zero-order valence-corrected chi connectivity index (χ0v) is 12.9. The maximum Gasteiger partial charge on any atom is 0.258 e. The summed E-state index contributed by atoms with van der Waals surface area (Å²) in [6.07, 6.45) is 0.941. The van der Waals surface area contributed by atoms with Crippen LogP contribution in [0, 0.1) is 0 Å². The third kappa shape index (κ3) is 2.46. The van der Waals surface area contributed by atoms with Gasteiger partial charge in [-0.2, -0.15) is 0 Å². The Morgan fingerprint density at radius 2 is 1.86 bits per heavy atom. The van der Waals surface area contributed by atoms with Crippen molar-refractivity contribution in [3.63, 3.8) is 0 Å². The molecule has 22 heavy (non-hydrogen) atoms. The van der Waals surface area contributed by atoms with Gasteiger partial charge in [0.2, 0.25) is 0 Å². The van der Waals surface area contributed by atoms with Gasteiger partial charge in [-0.25, -0.2) is 0 Å². The summed E-state index contributed by atoms with van der Waals surface area (Å²) in [5, 5.41) is 5.79. The topological polar surface area (TPSA) is 43.3 Å². The van der Waals surface area contributed by atoms with Gasteiger partial charge in [0.25, 0.3) is 5.56 Å². The van der Waals surface area contributed by atoms with E-state index in [9.17, 15) is 4.79 Å². The van der Waals surface area contributed by atoms with Crippen LogP contribution >= 0.6 is 0 Å². The Kier molecular flexibility index (Phi) is 4.11. The SMILES string of the molecule is CNCCCOc1cccc2c1c1ccccc1c(=O)n2C. The Bertz CT molecular complexity index is 868. The van der Waals surface area contributed by atoms with Gasteiger partial charge in [-0.05, 0) is 38.2 Å². The van der Waals surface area contributed by atoms with Crippen molar-refractivity contribution in [2.75, 3.05) is 20.2 Å². The summed E-state index contributed by atoms with van der Waals surface area (Å²) in [4.78, 5) is 12.5. The number of rotatable bonds is 5. The van der Waals surface area contributed by atoms with E-state index in [1.807, 2.05) is 56.6 Å². The van der Waals surface area contributed by atoms with E-state index in [0.29, 0.717) is 6.61 Å². The molecule has 2 aromatic carbocycles. The quantitative estimate of drug-likeness (QED) is 0.581. The van der Waals surface area contributed by atoms with Gasteiger partial charge in [0, 0.05) is 23.2 Å². The predicted octanol–water partition coefficient (Wildman–Crippen LogP) is 2.68. The molecule has 0 saturated carbocycles. The molecular formula is C18H20N2O2. The lowest BCUT2D eigenvalue weighted by atomic mass is 10.1. The second-order valence-corrected chi connectivity index (χ2v) is 5.37. The molecule has 0 unspecified atom stereocenters. The van der Waals surface area contributed by atoms with Crippen LogP contribution in [0.4, 0.5) is 0 Å². The first-order chi connectivity index (χ1) is 10.7. The number of nitrogens with zero attached hydrogens (tertiary/aromatic N) is 1. The van der Waals surface area contributed by atoms with Crippen LogP contribution in [0.2, 0.25) is 0 Å². The molecule has 0 spiro atoms. The van der Waals surface area contributed by atoms with Gasteiger partial charge in [-0.3, -0.25) is 4.79 Å². The Labute approximate surface area is 129 Å². The van der Waals surface area contributed by atoms with Gasteiger partial charge in [0.05, 0.1) is 12.1 Å². The fraction of sp³-hybridized carbons (Fsp3) is 0.278. The molecule has 0 amide bonds. The Morgan fingerprint density at radius 1 is 1.09 bits per heavy atom. The second kappa shape index (κ2) is 6.20. The summed E-state index contributed by atoms with van der Waals surface area (Å²) in [5.41, 5.74) is 0.922. The first kappa shape index (κ1) is 14.6. The van der Waals surface area contributed by atoms with E-state index in [1.54, 1.807) is 4.57 Å². The molecule has 1 heterocycles. The lowest BCUT2D eigenvalue weighted by molar-refractivity contribution is 0.313. The van der Waals surface area contributed by atoms with Crippen molar-refractivity contribution in [2.45, 2.75) is 6.42 Å². The highest BCUT2D eigenvalue weighted by Gasteiger charge is 2.12. The van der Waals surface area contributed by atoms with Crippen molar-refractivity contribution in [2.24, 2.45) is 7.05 Å². The van der Waals surface area contributed by atoms with Gasteiger partial charge >= 0.3 is 0 Å². The van der Waals surface area contributed by atoms with E-state index in [2.05, 4.69) is 5.32 Å². The number of aryl methyl sites for hydroxylation is 1. The summed E-state index contributed by atoms with van der Waals surface area (Å²) < 4.78 is 7.66. The average molecular weight is 296 g/mol. The fourth-order valence-electron chi connectivity index (χ4n) is 2.80. The van der Waals surface area contributed by atoms with Gasteiger partial charge in [0.15, 0.2) is 0 Å². The number of fused-ring (bicyclic) bond motifs is 3. The van der Waals surface area contributed by atoms with Crippen molar-refractivity contribution in [3.8, 4) is 5.75 Å². The largest absolute Gasteiger partial charge is 0.493 e. The smallest absolute Gasteiger partial charge is 0.258 e. The molecule has 4 heteroatoms. The van der Waals surface area contributed by atoms with Crippen LogP contribution in [0.3, 0.4) is 0 Å². The Balaban J connectivity index is 2.20. The van der Waals surface area contributed by atoms with Gasteiger partial charge in [0.1, 0.15) is 5.75 Å². The van der Waals surface area contributed by atoms with Gasteiger partial charge < -0.3 is 14.6 Å². The van der Waals surface area contributed by atoms with Crippen LogP contribution in [-0.4, -0.2) is 24.8 Å². The number of benzene rings is 2. The maximum absolute atomic E-state index is 12.5. The number of aromatic nitrogens is 1. The van der Waals surface area contributed by atoms with Crippen LogP contribution in [0.25, 0.3) is 21.7 Å². The third-order valence-electron chi connectivity index (χ3n) is 3.93. The molecule has 0 fully saturated rings. The molecule has 0 atom stereocenters. The van der Waals surface area contributed by atoms with Crippen LogP contribution in [0.1, 0.15) is 6.42 Å². The molecule has 0 bridgehead atoms. The highest BCUT2D eigenvalue weighted by molar-refractivity contribution is 6.08. The summed E-state index contributed by atoms with van der Waals surface area (Å²) in [6, 6.07) is 13.6. The van der Waals surface area contributed by atoms with Gasteiger partial charge in [-0.1, -0.05) is 24.3 Å². The van der Waals surface area contributed by atoms with E-state index >= 15 is 0 Å². The third-order valence-corrected chi connectivity index (χ3v) is 3.93. The number of nitrogens with one attached hydrogen (secondary N) is 1. The lowest BCUT2D eigenvalue weighted by Crippen LogP contribution is -2.17. The Morgan fingerprint density at radius 3 is 2.64 bits per heavy atom. The van der Waals surface area contributed by atoms with Gasteiger partial charge in [-0.15, -0.1) is 0 Å². The van der Waals surface area contributed by atoms with Crippen molar-refractivity contribution in [1.82, 2.24) is 9.88 Å². The lowest BCUT2D eigenvalue weighted by Gasteiger charge is -2.14. The number of pyridine rings is 1. The fourth-order valence-corrected chi connectivity index (χ4v) is 2.80. The van der Waals surface area contributed by atoms with Crippen LogP contribution < -0.4 is 15.6 Å². The molecule has 0 saturated heterocycles. The van der Waals surface area contributed by atoms with Crippen LogP contribution in [0.15, 0.2) is 47.3 Å². The first-order valence-corrected chi connectivity index (χ1v) is 7.52. The average Bonchev–Trinajstić information content (AvgIpc) is 2.56. The highest BCUT2D eigenvalue weighted by Crippen LogP contribution is 2.31. The molecule has 0 aliphatic carbocycles. The number of hydrogen-bond donors (Lipinski definition) is 1. The van der Waals surface area contributed by atoms with Crippen molar-refractivity contribution < 1.29 is 4.74 Å². The molecule has 3 aromatic rings. The number of hydrogen-bond acceptors (Lipinski definition) is 3. The first-order valence-electron chi connectivity index (χ1n) is 7.52. The van der Waals surface area contributed by atoms with E-state index in [0.717, 1.165) is 40.4 Å². The van der Waals surface area contributed by atoms with Crippen LogP contribution in [0.5, 0.6) is 5.75 Å². The number of ether oxygens (including phenoxy) is 1. The van der Waals surface area contributed by atoms with E-state index in [4.69, 9.17) is 4.74 Å². The normalized spacial score (nSPS) is 11.2. The maximum atomic E-state index is 12.5. The molecule has 1 N–H and O–H groups in total. The van der Waals surface area contributed by atoms with Crippen LogP contribution in [-0.2, 0) is 7.05 Å². The van der Waals surface area contributed by atoms with E-state index in [-0.39, 0.29) is 5.56 Å². The predicted molar refractivity (Wildman–Crippen MR) is 90.7 cm³/mol. The highest BCUT2D eigenvalue weighted by atomic mass is 16.5. The summed E-state index contributed by atoms with van der Waals surface area (Å²) in [5.74, 6) is 0.834. The molecule has 0 aliphatic heterocycles. The standard InChI is InChI=1S/C18H20N2O2/c1-19-11-6-12-22-16-10-5-9-15-17(16)13-7-3-4-8-14(13)18(21)20(15)2/h3-5,7-10,19H,6,11-12H2,1-2H3. The summed E-state index contributed by atoms with van der Waals surface area (Å²) in [7, 11) is 3.74. The minimum Gasteiger partial charge on any atom is -0.493 e. The van der Waals surface area contributed by atoms with Crippen molar-refractivity contribution >= 4 is 21.7 Å². The zero-order chi connectivity index (χ0) is 15.5. The molecule has 1 aromatic heterocycles. The van der Waals surface area contributed by atoms with Crippen molar-refractivity contribution in [1.29, 1.82) is 0 Å². The monoisotopic (exact) mass is 296 g/mol. The molecule has 4 nitrogen and oxygen atoms in total. The minimum atomic E-state index is 0.0235. The summed E-state index contributed by atoms with van der Waals surface area (Å²) in [6.45, 7) is 1.57. The molecule has 0 radical (unpaired) electrons.